The summed E-state index contributed by atoms with van der Waals surface area (Å²) in [5.41, 5.74) is 13.5. The maximum atomic E-state index is 4.84. The van der Waals surface area contributed by atoms with E-state index in [4.69, 9.17) is 4.98 Å². The molecule has 0 unspecified atom stereocenters. The van der Waals surface area contributed by atoms with E-state index in [0.717, 1.165) is 18.5 Å². The summed E-state index contributed by atoms with van der Waals surface area (Å²) in [6.45, 7) is 0. The molecule has 0 aliphatic heterocycles. The summed E-state index contributed by atoms with van der Waals surface area (Å²) in [5.74, 6) is 0. The van der Waals surface area contributed by atoms with Gasteiger partial charge in [0.05, 0.1) is 5.52 Å². The Morgan fingerprint density at radius 1 is 0.645 bits per heavy atom. The zero-order valence-electron chi connectivity index (χ0n) is 16.9. The van der Waals surface area contributed by atoms with Crippen LogP contribution in [0.1, 0.15) is 22.3 Å². The van der Waals surface area contributed by atoms with Crippen LogP contribution in [0.3, 0.4) is 0 Å². The molecule has 0 N–H and O–H groups in total. The number of fused-ring (bicyclic) bond motifs is 14. The van der Waals surface area contributed by atoms with E-state index in [9.17, 15) is 0 Å². The number of aromatic nitrogens is 2. The predicted octanol–water partition coefficient (Wildman–Crippen LogP) is 6.78. The molecule has 2 aromatic heterocycles. The topological polar surface area (TPSA) is 17.3 Å². The average Bonchev–Trinajstić information content (AvgIpc) is 3.53. The summed E-state index contributed by atoms with van der Waals surface area (Å²) in [4.78, 5) is 4.84. The second-order valence-electron chi connectivity index (χ2n) is 8.80. The van der Waals surface area contributed by atoms with E-state index in [2.05, 4.69) is 83.4 Å². The van der Waals surface area contributed by atoms with Gasteiger partial charge < -0.3 is 0 Å². The van der Waals surface area contributed by atoms with Gasteiger partial charge in [-0.1, -0.05) is 66.7 Å². The first-order valence-electron chi connectivity index (χ1n) is 10.9. The number of nitrogens with zero attached hydrogens (tertiary/aromatic N) is 2. The van der Waals surface area contributed by atoms with Gasteiger partial charge in [0.1, 0.15) is 5.65 Å². The normalized spacial score (nSPS) is 13.5. The van der Waals surface area contributed by atoms with E-state index in [1.165, 1.54) is 66.2 Å². The lowest BCUT2D eigenvalue weighted by atomic mass is 9.92. The van der Waals surface area contributed by atoms with Crippen LogP contribution in [-0.2, 0) is 12.8 Å². The second kappa shape index (κ2) is 5.41. The zero-order valence-corrected chi connectivity index (χ0v) is 16.9. The van der Waals surface area contributed by atoms with Gasteiger partial charge in [-0.3, -0.25) is 4.40 Å². The van der Waals surface area contributed by atoms with Crippen LogP contribution in [0.2, 0.25) is 0 Å². The number of imidazole rings is 1. The minimum atomic E-state index is 0.975. The molecule has 0 atom stereocenters. The van der Waals surface area contributed by atoms with Crippen molar-refractivity contribution in [2.45, 2.75) is 12.8 Å². The number of hydrogen-bond donors (Lipinski definition) is 0. The van der Waals surface area contributed by atoms with Crippen LogP contribution in [0.5, 0.6) is 0 Å². The van der Waals surface area contributed by atoms with Gasteiger partial charge >= 0.3 is 0 Å². The van der Waals surface area contributed by atoms with Gasteiger partial charge in [0, 0.05) is 23.2 Å². The third-order valence-corrected chi connectivity index (χ3v) is 7.32. The van der Waals surface area contributed by atoms with Gasteiger partial charge in [-0.2, -0.15) is 0 Å². The number of pyridine rings is 1. The van der Waals surface area contributed by atoms with Crippen LogP contribution in [0.15, 0.2) is 85.2 Å². The highest BCUT2D eigenvalue weighted by Gasteiger charge is 2.26. The molecule has 4 aromatic carbocycles. The Balaban J connectivity index is 1.61. The molecule has 2 nitrogen and oxygen atoms in total. The lowest BCUT2D eigenvalue weighted by molar-refractivity contribution is 1.24. The summed E-state index contributed by atoms with van der Waals surface area (Å²) in [6.07, 6.45) is 6.05. The fraction of sp³-hybridized carbons (Fsp3) is 0.0690. The van der Waals surface area contributed by atoms with Gasteiger partial charge in [0.25, 0.3) is 0 Å². The standard InChI is InChI=1S/C29H18N2/c1-3-7-20-18(6-1)16-24-22(20)10-11-23-27(24)29-30-13-14-31(29)25-12-9-19-15-17-5-2-4-8-21(17)26(19)28(23)25/h1-14H,15-16H2. The summed E-state index contributed by atoms with van der Waals surface area (Å²) in [7, 11) is 0. The molecule has 31 heavy (non-hydrogen) atoms. The van der Waals surface area contributed by atoms with E-state index >= 15 is 0 Å². The highest BCUT2D eigenvalue weighted by Crippen LogP contribution is 2.47. The molecule has 2 aliphatic rings. The van der Waals surface area contributed by atoms with E-state index < -0.39 is 0 Å². The molecule has 0 bridgehead atoms. The number of benzene rings is 4. The van der Waals surface area contributed by atoms with Crippen molar-refractivity contribution < 1.29 is 0 Å². The van der Waals surface area contributed by atoms with Gasteiger partial charge in [0.2, 0.25) is 0 Å². The van der Waals surface area contributed by atoms with Crippen molar-refractivity contribution >= 4 is 27.3 Å². The molecular formula is C29H18N2. The molecule has 0 saturated carbocycles. The van der Waals surface area contributed by atoms with Crippen molar-refractivity contribution in [3.63, 3.8) is 0 Å². The summed E-state index contributed by atoms with van der Waals surface area (Å²) >= 11 is 0. The molecule has 2 aliphatic carbocycles. The number of rotatable bonds is 0. The van der Waals surface area contributed by atoms with Crippen molar-refractivity contribution in [3.8, 4) is 22.3 Å². The van der Waals surface area contributed by atoms with Crippen molar-refractivity contribution in [1.29, 1.82) is 0 Å². The number of hydrogen-bond acceptors (Lipinski definition) is 1. The zero-order chi connectivity index (χ0) is 20.1. The molecule has 8 rings (SSSR count). The SMILES string of the molecule is c1ccc2c(c1)Cc1c-2ccc2c3c4c(ccc3n3ccnc3c12)Cc1ccccc1-4. The Labute approximate surface area is 179 Å². The van der Waals surface area contributed by atoms with Gasteiger partial charge in [0.15, 0.2) is 0 Å². The Morgan fingerprint density at radius 3 is 2.35 bits per heavy atom. The van der Waals surface area contributed by atoms with E-state index in [1.807, 2.05) is 6.20 Å². The highest BCUT2D eigenvalue weighted by atomic mass is 15.0. The van der Waals surface area contributed by atoms with Crippen molar-refractivity contribution in [1.82, 2.24) is 9.38 Å². The first-order chi connectivity index (χ1) is 15.4. The predicted molar refractivity (Wildman–Crippen MR) is 127 cm³/mol. The van der Waals surface area contributed by atoms with E-state index in [-0.39, 0.29) is 0 Å². The monoisotopic (exact) mass is 394 g/mol. The highest BCUT2D eigenvalue weighted by molar-refractivity contribution is 6.20. The van der Waals surface area contributed by atoms with Gasteiger partial charge in [-0.05, 0) is 68.8 Å². The molecule has 0 spiro atoms. The summed E-state index contributed by atoms with van der Waals surface area (Å²) < 4.78 is 2.29. The van der Waals surface area contributed by atoms with Crippen molar-refractivity contribution in [2.75, 3.05) is 0 Å². The molecule has 6 aromatic rings. The Bertz CT molecular complexity index is 1740. The fourth-order valence-corrected chi connectivity index (χ4v) is 6.04. The molecule has 0 fully saturated rings. The summed E-state index contributed by atoms with van der Waals surface area (Å²) in [6, 6.07) is 27.0. The van der Waals surface area contributed by atoms with Gasteiger partial charge in [-0.15, -0.1) is 0 Å². The fourth-order valence-electron chi connectivity index (χ4n) is 6.04. The quantitative estimate of drug-likeness (QED) is 0.259. The molecule has 2 heteroatoms. The second-order valence-corrected chi connectivity index (χ2v) is 8.80. The molecule has 0 saturated heterocycles. The van der Waals surface area contributed by atoms with Crippen LogP contribution in [0, 0.1) is 0 Å². The van der Waals surface area contributed by atoms with Crippen molar-refractivity contribution in [3.05, 3.63) is 107 Å². The lowest BCUT2D eigenvalue weighted by Gasteiger charge is -2.15. The Kier molecular flexibility index (Phi) is 2.77. The Hall–Kier alpha value is -3.91. The largest absolute Gasteiger partial charge is 0.299 e. The first-order valence-corrected chi connectivity index (χ1v) is 10.9. The molecule has 0 radical (unpaired) electrons. The van der Waals surface area contributed by atoms with Crippen molar-refractivity contribution in [2.24, 2.45) is 0 Å². The minimum Gasteiger partial charge on any atom is -0.299 e. The maximum absolute atomic E-state index is 4.84. The summed E-state index contributed by atoms with van der Waals surface area (Å²) in [5, 5.41) is 4.00. The third kappa shape index (κ3) is 1.87. The molecule has 0 amide bonds. The van der Waals surface area contributed by atoms with E-state index in [0.29, 0.717) is 0 Å². The first kappa shape index (κ1) is 15.9. The van der Waals surface area contributed by atoms with E-state index in [1.54, 1.807) is 0 Å². The molecule has 2 heterocycles. The van der Waals surface area contributed by atoms with Crippen LogP contribution < -0.4 is 0 Å². The van der Waals surface area contributed by atoms with Crippen LogP contribution >= 0.6 is 0 Å². The molecular weight excluding hydrogens is 376 g/mol. The van der Waals surface area contributed by atoms with Crippen LogP contribution in [0.4, 0.5) is 0 Å². The Morgan fingerprint density at radius 2 is 1.45 bits per heavy atom. The van der Waals surface area contributed by atoms with Gasteiger partial charge in [-0.25, -0.2) is 4.98 Å². The minimum absolute atomic E-state index is 0.975. The smallest absolute Gasteiger partial charge is 0.145 e. The van der Waals surface area contributed by atoms with Crippen LogP contribution in [-0.4, -0.2) is 9.38 Å². The average molecular weight is 394 g/mol. The molecule has 144 valence electrons. The maximum Gasteiger partial charge on any atom is 0.145 e. The van der Waals surface area contributed by atoms with Crippen LogP contribution in [0.25, 0.3) is 49.6 Å². The third-order valence-electron chi connectivity index (χ3n) is 7.32. The lowest BCUT2D eigenvalue weighted by Crippen LogP contribution is -1.96.